The summed E-state index contributed by atoms with van der Waals surface area (Å²) in [7, 11) is 7.61. The van der Waals surface area contributed by atoms with E-state index >= 15 is 0 Å². The van der Waals surface area contributed by atoms with Crippen molar-refractivity contribution in [2.75, 3.05) is 42.2 Å². The van der Waals surface area contributed by atoms with Gasteiger partial charge in [0.25, 0.3) is 0 Å². The number of hydrogen-bond donors (Lipinski definition) is 0. The third-order valence-electron chi connectivity index (χ3n) is 4.35. The van der Waals surface area contributed by atoms with Crippen molar-refractivity contribution >= 4 is 5.97 Å². The molecular weight excluding hydrogens is 352 g/mol. The van der Waals surface area contributed by atoms with Gasteiger partial charge in [0.15, 0.2) is 18.7 Å². The monoisotopic (exact) mass is 380 g/mol. The van der Waals surface area contributed by atoms with Gasteiger partial charge in [0.05, 0.1) is 6.61 Å². The Bertz CT molecular complexity index is 447. The molecule has 2 aliphatic heterocycles. The molecule has 2 aliphatic rings. The van der Waals surface area contributed by atoms with E-state index in [9.17, 15) is 4.79 Å². The maximum atomic E-state index is 11.4. The molecule has 152 valence electrons. The lowest BCUT2D eigenvalue weighted by Gasteiger charge is -2.27. The first-order valence-corrected chi connectivity index (χ1v) is 8.24. The maximum absolute atomic E-state index is 11.4. The predicted octanol–water partition coefficient (Wildman–Crippen LogP) is -0.320. The summed E-state index contributed by atoms with van der Waals surface area (Å²) in [6, 6.07) is 0. The number of esters is 1. The van der Waals surface area contributed by atoms with Crippen molar-refractivity contribution in [3.8, 4) is 0 Å². The Labute approximate surface area is 152 Å². The summed E-state index contributed by atoms with van der Waals surface area (Å²) in [5, 5.41) is 0. The van der Waals surface area contributed by atoms with E-state index < -0.39 is 49.3 Å². The third kappa shape index (κ3) is 4.52. The van der Waals surface area contributed by atoms with Crippen LogP contribution in [0.5, 0.6) is 0 Å². The van der Waals surface area contributed by atoms with Gasteiger partial charge in [-0.05, 0) is 0 Å². The van der Waals surface area contributed by atoms with E-state index in [0.717, 1.165) is 0 Å². The number of carbonyl (C=O) groups excluding carboxylic acids is 1. The van der Waals surface area contributed by atoms with Crippen LogP contribution in [0, 0.1) is 0 Å². The normalized spacial score (nSPS) is 40.1. The van der Waals surface area contributed by atoms with Crippen LogP contribution < -0.4 is 0 Å². The Balaban J connectivity index is 2.17. The van der Waals surface area contributed by atoms with Gasteiger partial charge in [-0.25, -0.2) is 0 Å². The quantitative estimate of drug-likeness (QED) is 0.495. The van der Waals surface area contributed by atoms with Crippen LogP contribution in [-0.2, 0) is 47.4 Å². The first kappa shape index (κ1) is 21.5. The second-order valence-corrected chi connectivity index (χ2v) is 5.92. The second-order valence-electron chi connectivity index (χ2n) is 5.92. The predicted molar refractivity (Wildman–Crippen MR) is 85.2 cm³/mol. The van der Waals surface area contributed by atoms with E-state index in [1.165, 1.54) is 28.3 Å². The molecule has 0 aliphatic carbocycles. The van der Waals surface area contributed by atoms with Gasteiger partial charge in [-0.1, -0.05) is 0 Å². The molecule has 0 aromatic heterocycles. The fourth-order valence-corrected chi connectivity index (χ4v) is 3.22. The lowest BCUT2D eigenvalue weighted by molar-refractivity contribution is -0.249. The van der Waals surface area contributed by atoms with Gasteiger partial charge >= 0.3 is 5.97 Å². The zero-order valence-electron chi connectivity index (χ0n) is 15.9. The topological polar surface area (TPSA) is 100 Å². The van der Waals surface area contributed by atoms with E-state index in [2.05, 4.69) is 0 Å². The minimum absolute atomic E-state index is 0.307. The van der Waals surface area contributed by atoms with E-state index in [4.69, 9.17) is 42.6 Å². The molecule has 0 aromatic carbocycles. The van der Waals surface area contributed by atoms with Crippen LogP contribution in [0.3, 0.4) is 0 Å². The van der Waals surface area contributed by atoms with Gasteiger partial charge in [0.1, 0.15) is 24.4 Å². The molecule has 0 amide bonds. The number of methoxy groups -OCH3 is 5. The van der Waals surface area contributed by atoms with Crippen LogP contribution in [0.1, 0.15) is 6.92 Å². The Morgan fingerprint density at radius 2 is 1.38 bits per heavy atom. The Morgan fingerprint density at radius 1 is 0.769 bits per heavy atom. The molecule has 26 heavy (non-hydrogen) atoms. The lowest BCUT2D eigenvalue weighted by Crippen LogP contribution is -2.45. The fraction of sp³-hybridized carbons (Fsp3) is 0.938. The molecule has 0 radical (unpaired) electrons. The highest BCUT2D eigenvalue weighted by Crippen LogP contribution is 2.33. The molecule has 0 N–H and O–H groups in total. The zero-order chi connectivity index (χ0) is 19.3. The molecule has 10 nitrogen and oxygen atoms in total. The molecule has 0 spiro atoms. The van der Waals surface area contributed by atoms with Crippen LogP contribution in [0.25, 0.3) is 0 Å². The van der Waals surface area contributed by atoms with Crippen molar-refractivity contribution in [2.45, 2.75) is 56.3 Å². The summed E-state index contributed by atoms with van der Waals surface area (Å²) in [6.07, 6.45) is -5.27. The summed E-state index contributed by atoms with van der Waals surface area (Å²) < 4.78 is 49.5. The summed E-state index contributed by atoms with van der Waals surface area (Å²) in [6.45, 7) is 1.59. The highest BCUT2D eigenvalue weighted by atomic mass is 16.8. The van der Waals surface area contributed by atoms with Crippen molar-refractivity contribution in [1.82, 2.24) is 0 Å². The average Bonchev–Trinajstić information content (AvgIpc) is 3.12. The number of carbonyl (C=O) groups is 1. The number of ether oxygens (including phenoxy) is 9. The van der Waals surface area contributed by atoms with Gasteiger partial charge in [-0.3, -0.25) is 4.79 Å². The number of hydrogen-bond acceptors (Lipinski definition) is 10. The Kier molecular flexibility index (Phi) is 8.17. The summed E-state index contributed by atoms with van der Waals surface area (Å²) in [5.41, 5.74) is 0. The highest BCUT2D eigenvalue weighted by molar-refractivity contribution is 5.66. The van der Waals surface area contributed by atoms with Crippen molar-refractivity contribution in [3.63, 3.8) is 0 Å². The Morgan fingerprint density at radius 3 is 1.88 bits per heavy atom. The molecule has 0 saturated carbocycles. The van der Waals surface area contributed by atoms with Crippen LogP contribution in [0.4, 0.5) is 0 Å². The van der Waals surface area contributed by atoms with Crippen LogP contribution >= 0.6 is 0 Å². The highest BCUT2D eigenvalue weighted by Gasteiger charge is 2.53. The Hall–Kier alpha value is -0.850. The SMILES string of the molecule is COC[C@H]1O[C@H](O[C@@H]2[C@@H](OC(C)=O)O[C@@H](OC)[C@@H]2OC)[C@@H](OC)[C@@H]1OC. The van der Waals surface area contributed by atoms with E-state index in [1.54, 1.807) is 14.2 Å². The fourth-order valence-electron chi connectivity index (χ4n) is 3.22. The summed E-state index contributed by atoms with van der Waals surface area (Å²) >= 11 is 0. The van der Waals surface area contributed by atoms with Gasteiger partial charge in [-0.15, -0.1) is 0 Å². The standard InChI is InChI=1S/C16H28O10/c1-8(17)23-16-13(12(21-5)14(22-6)26-16)25-15-11(20-4)10(19-3)9(24-15)7-18-2/h9-16H,7H2,1-6H3/t9-,10-,11+,12-,13+,14-,15-,16+/m1/s1. The summed E-state index contributed by atoms with van der Waals surface area (Å²) in [4.78, 5) is 11.4. The molecule has 2 saturated heterocycles. The summed E-state index contributed by atoms with van der Waals surface area (Å²) in [5.74, 6) is -0.516. The van der Waals surface area contributed by atoms with Crippen LogP contribution in [0.2, 0.25) is 0 Å². The van der Waals surface area contributed by atoms with E-state index in [1.807, 2.05) is 0 Å². The van der Waals surface area contributed by atoms with Crippen molar-refractivity contribution < 1.29 is 47.4 Å². The van der Waals surface area contributed by atoms with Gasteiger partial charge in [0.2, 0.25) is 6.29 Å². The molecule has 10 heteroatoms. The first-order valence-electron chi connectivity index (χ1n) is 8.24. The molecule has 0 unspecified atom stereocenters. The van der Waals surface area contributed by atoms with Crippen molar-refractivity contribution in [3.05, 3.63) is 0 Å². The molecule has 2 heterocycles. The smallest absolute Gasteiger partial charge is 0.305 e. The minimum atomic E-state index is -1.01. The van der Waals surface area contributed by atoms with Gasteiger partial charge in [0, 0.05) is 42.5 Å². The third-order valence-corrected chi connectivity index (χ3v) is 4.35. The average molecular weight is 380 g/mol. The zero-order valence-corrected chi connectivity index (χ0v) is 15.9. The largest absolute Gasteiger partial charge is 0.433 e. The van der Waals surface area contributed by atoms with Crippen LogP contribution in [-0.4, -0.2) is 97.5 Å². The molecule has 0 bridgehead atoms. The van der Waals surface area contributed by atoms with Crippen molar-refractivity contribution in [1.29, 1.82) is 0 Å². The second kappa shape index (κ2) is 9.90. The van der Waals surface area contributed by atoms with Crippen LogP contribution in [0.15, 0.2) is 0 Å². The molecule has 2 fully saturated rings. The molecule has 2 rings (SSSR count). The molecule has 0 aromatic rings. The minimum Gasteiger partial charge on any atom is -0.433 e. The maximum Gasteiger partial charge on any atom is 0.305 e. The van der Waals surface area contributed by atoms with Gasteiger partial charge in [-0.2, -0.15) is 0 Å². The van der Waals surface area contributed by atoms with Crippen molar-refractivity contribution in [2.24, 2.45) is 0 Å². The van der Waals surface area contributed by atoms with E-state index in [-0.39, 0.29) is 6.10 Å². The molecular formula is C16H28O10. The number of rotatable bonds is 9. The van der Waals surface area contributed by atoms with Gasteiger partial charge < -0.3 is 42.6 Å². The van der Waals surface area contributed by atoms with E-state index in [0.29, 0.717) is 6.61 Å². The molecule has 8 atom stereocenters. The first-order chi connectivity index (χ1) is 12.5. The lowest BCUT2D eigenvalue weighted by atomic mass is 10.1.